The van der Waals surface area contributed by atoms with Crippen LogP contribution in [-0.2, 0) is 16.1 Å². The van der Waals surface area contributed by atoms with Gasteiger partial charge in [-0.3, -0.25) is 0 Å². The van der Waals surface area contributed by atoms with E-state index in [1.807, 2.05) is 30.9 Å². The van der Waals surface area contributed by atoms with E-state index >= 15 is 0 Å². The number of unbranched alkanes of at least 4 members (excludes halogenated alkanes) is 4. The highest BCUT2D eigenvalue weighted by atomic mass is 35.5. The first-order valence-corrected chi connectivity index (χ1v) is 9.49. The van der Waals surface area contributed by atoms with E-state index in [4.69, 9.17) is 31.4 Å². The van der Waals surface area contributed by atoms with Crippen LogP contribution in [0.1, 0.15) is 56.9 Å². The van der Waals surface area contributed by atoms with E-state index in [-0.39, 0.29) is 0 Å². The fraction of sp³-hybridized carbons (Fsp3) is 0.450. The smallest absolute Gasteiger partial charge is 0.414 e. The van der Waals surface area contributed by atoms with Gasteiger partial charge in [0.2, 0.25) is 0 Å². The first-order valence-electron chi connectivity index (χ1n) is 9.12. The Bertz CT molecular complexity index is 677. The maximum absolute atomic E-state index is 9.10. The van der Waals surface area contributed by atoms with Crippen molar-refractivity contribution >= 4 is 23.5 Å². The summed E-state index contributed by atoms with van der Waals surface area (Å²) >= 11 is 6.40. The predicted octanol–water partition coefficient (Wildman–Crippen LogP) is 4.84. The maximum atomic E-state index is 9.10. The lowest BCUT2D eigenvalue weighted by Crippen LogP contribution is -2.09. The van der Waals surface area contributed by atoms with Crippen LogP contribution in [0.5, 0.6) is 0 Å². The summed E-state index contributed by atoms with van der Waals surface area (Å²) in [5, 5.41) is 15.7. The van der Waals surface area contributed by atoms with Crippen molar-refractivity contribution in [1.82, 2.24) is 9.55 Å². The Morgan fingerprint density at radius 2 is 1.78 bits per heavy atom. The van der Waals surface area contributed by atoms with E-state index in [0.717, 1.165) is 11.6 Å². The molecule has 0 spiro atoms. The molecule has 0 fully saturated rings. The minimum Gasteiger partial charge on any atom is -0.473 e. The van der Waals surface area contributed by atoms with Crippen LogP contribution < -0.4 is 0 Å². The average molecular weight is 395 g/mol. The summed E-state index contributed by atoms with van der Waals surface area (Å²) in [6.45, 7) is 3.21. The number of hydrogen-bond donors (Lipinski definition) is 2. The highest BCUT2D eigenvalue weighted by Gasteiger charge is 2.15. The van der Waals surface area contributed by atoms with E-state index in [0.29, 0.717) is 5.92 Å². The summed E-state index contributed by atoms with van der Waals surface area (Å²) in [6, 6.07) is 8.24. The van der Waals surface area contributed by atoms with Gasteiger partial charge in [-0.25, -0.2) is 14.6 Å². The van der Waals surface area contributed by atoms with Gasteiger partial charge >= 0.3 is 11.9 Å². The van der Waals surface area contributed by atoms with Gasteiger partial charge in [0.25, 0.3) is 0 Å². The first-order chi connectivity index (χ1) is 13.0. The summed E-state index contributed by atoms with van der Waals surface area (Å²) in [7, 11) is 0. The van der Waals surface area contributed by atoms with Crippen LogP contribution in [0, 0.1) is 0 Å². The molecule has 2 aromatic rings. The fourth-order valence-electron chi connectivity index (χ4n) is 2.79. The van der Waals surface area contributed by atoms with Crippen LogP contribution in [-0.4, -0.2) is 31.7 Å². The second kappa shape index (κ2) is 12.9. The molecule has 2 rings (SSSR count). The first kappa shape index (κ1) is 22.7. The van der Waals surface area contributed by atoms with Gasteiger partial charge in [-0.1, -0.05) is 68.8 Å². The molecule has 0 amide bonds. The van der Waals surface area contributed by atoms with E-state index in [1.54, 1.807) is 0 Å². The van der Waals surface area contributed by atoms with Gasteiger partial charge < -0.3 is 14.8 Å². The molecule has 1 aromatic carbocycles. The molecule has 1 atom stereocenters. The molecular weight excluding hydrogens is 368 g/mol. The molecule has 1 aromatic heterocycles. The number of hydrogen-bond acceptors (Lipinski definition) is 3. The van der Waals surface area contributed by atoms with Crippen molar-refractivity contribution < 1.29 is 19.8 Å². The SMILES string of the molecule is CCCCCCCC(Cn1ccnc1)c1ccccc1Cl.O=C(O)C(=O)O. The lowest BCUT2D eigenvalue weighted by Gasteiger charge is -2.19. The van der Waals surface area contributed by atoms with Crippen molar-refractivity contribution in [2.45, 2.75) is 57.9 Å². The van der Waals surface area contributed by atoms with Crippen molar-refractivity contribution in [3.05, 3.63) is 53.6 Å². The minimum atomic E-state index is -1.82. The van der Waals surface area contributed by atoms with Gasteiger partial charge in [-0.2, -0.15) is 0 Å². The summed E-state index contributed by atoms with van der Waals surface area (Å²) < 4.78 is 2.15. The van der Waals surface area contributed by atoms with Crippen LogP contribution >= 0.6 is 11.6 Å². The average Bonchev–Trinajstić information content (AvgIpc) is 3.14. The van der Waals surface area contributed by atoms with E-state index < -0.39 is 11.9 Å². The van der Waals surface area contributed by atoms with E-state index in [1.165, 1.54) is 44.1 Å². The lowest BCUT2D eigenvalue weighted by molar-refractivity contribution is -0.159. The molecule has 0 bridgehead atoms. The molecule has 7 heteroatoms. The number of aliphatic carboxylic acids is 2. The molecule has 0 aliphatic rings. The molecule has 2 N–H and O–H groups in total. The summed E-state index contributed by atoms with van der Waals surface area (Å²) in [5.74, 6) is -3.18. The standard InChI is InChI=1S/C18H25ClN2.C2H2O4/c1-2-3-4-5-6-9-16(14-21-13-12-20-15-21)17-10-7-8-11-18(17)19;3-1(4)2(5)6/h7-8,10-13,15-16H,2-6,9,14H2,1H3;(H,3,4)(H,5,6). The number of carboxylic acids is 2. The second-order valence-electron chi connectivity index (χ2n) is 6.29. The number of imidazole rings is 1. The molecule has 148 valence electrons. The van der Waals surface area contributed by atoms with Crippen LogP contribution in [0.25, 0.3) is 0 Å². The number of carbonyl (C=O) groups is 2. The summed E-state index contributed by atoms with van der Waals surface area (Å²) in [5.41, 5.74) is 1.27. The van der Waals surface area contributed by atoms with Gasteiger partial charge in [-0.05, 0) is 18.1 Å². The Kier molecular flexibility index (Phi) is 10.9. The monoisotopic (exact) mass is 394 g/mol. The topological polar surface area (TPSA) is 92.4 Å². The third kappa shape index (κ3) is 9.24. The number of halogens is 1. The molecule has 6 nitrogen and oxygen atoms in total. The molecule has 0 aliphatic carbocycles. The highest BCUT2D eigenvalue weighted by molar-refractivity contribution is 6.31. The highest BCUT2D eigenvalue weighted by Crippen LogP contribution is 2.30. The molecule has 0 saturated heterocycles. The van der Waals surface area contributed by atoms with Gasteiger partial charge in [0.15, 0.2) is 0 Å². The Hall–Kier alpha value is -2.34. The summed E-state index contributed by atoms with van der Waals surface area (Å²) in [6.07, 6.45) is 13.5. The van der Waals surface area contributed by atoms with Crippen LogP contribution in [0.15, 0.2) is 43.0 Å². The van der Waals surface area contributed by atoms with E-state index in [2.05, 4.69) is 28.6 Å². The molecule has 27 heavy (non-hydrogen) atoms. The fourth-order valence-corrected chi connectivity index (χ4v) is 3.08. The number of carboxylic acid groups (broad SMARTS) is 2. The molecule has 0 radical (unpaired) electrons. The van der Waals surface area contributed by atoms with Crippen LogP contribution in [0.2, 0.25) is 5.02 Å². The van der Waals surface area contributed by atoms with Crippen molar-refractivity contribution in [2.24, 2.45) is 0 Å². The quantitative estimate of drug-likeness (QED) is 0.469. The van der Waals surface area contributed by atoms with Gasteiger partial charge in [0, 0.05) is 29.9 Å². The van der Waals surface area contributed by atoms with Gasteiger partial charge in [0.05, 0.1) is 6.33 Å². The molecule has 0 saturated carbocycles. The number of aromatic nitrogens is 2. The third-order valence-corrected chi connectivity index (χ3v) is 4.52. The maximum Gasteiger partial charge on any atom is 0.414 e. The van der Waals surface area contributed by atoms with Crippen molar-refractivity contribution in [3.63, 3.8) is 0 Å². The molecule has 1 heterocycles. The predicted molar refractivity (Wildman–Crippen MR) is 105 cm³/mol. The van der Waals surface area contributed by atoms with Crippen molar-refractivity contribution in [2.75, 3.05) is 0 Å². The van der Waals surface area contributed by atoms with Crippen molar-refractivity contribution in [3.8, 4) is 0 Å². The minimum absolute atomic E-state index is 0.467. The third-order valence-electron chi connectivity index (χ3n) is 4.17. The lowest BCUT2D eigenvalue weighted by atomic mass is 9.92. The molecular formula is C20H27ClN2O4. The zero-order valence-electron chi connectivity index (χ0n) is 15.6. The number of rotatable bonds is 9. The Balaban J connectivity index is 0.000000527. The zero-order chi connectivity index (χ0) is 20.1. The van der Waals surface area contributed by atoms with Gasteiger partial charge in [-0.15, -0.1) is 0 Å². The second-order valence-corrected chi connectivity index (χ2v) is 6.70. The normalized spacial score (nSPS) is 11.3. The van der Waals surface area contributed by atoms with Gasteiger partial charge in [0.1, 0.15) is 0 Å². The van der Waals surface area contributed by atoms with E-state index in [9.17, 15) is 0 Å². The Morgan fingerprint density at radius 3 is 2.33 bits per heavy atom. The largest absolute Gasteiger partial charge is 0.473 e. The number of nitrogens with zero attached hydrogens (tertiary/aromatic N) is 2. The summed E-state index contributed by atoms with van der Waals surface area (Å²) in [4.78, 5) is 22.3. The zero-order valence-corrected chi connectivity index (χ0v) is 16.3. The van der Waals surface area contributed by atoms with Crippen molar-refractivity contribution in [1.29, 1.82) is 0 Å². The Labute approximate surface area is 164 Å². The van der Waals surface area contributed by atoms with Crippen LogP contribution in [0.4, 0.5) is 0 Å². The Morgan fingerprint density at radius 1 is 1.11 bits per heavy atom. The number of benzene rings is 1. The van der Waals surface area contributed by atoms with Crippen LogP contribution in [0.3, 0.4) is 0 Å². The molecule has 1 unspecified atom stereocenters. The molecule has 0 aliphatic heterocycles.